The van der Waals surface area contributed by atoms with Gasteiger partial charge in [-0.2, -0.15) is 0 Å². The average molecular weight is 458 g/mol. The van der Waals surface area contributed by atoms with E-state index in [2.05, 4.69) is 20.6 Å². The van der Waals surface area contributed by atoms with E-state index in [1.807, 2.05) is 6.07 Å². The Bertz CT molecular complexity index is 1430. The van der Waals surface area contributed by atoms with Crippen molar-refractivity contribution in [1.29, 1.82) is 0 Å². The topological polar surface area (TPSA) is 152 Å². The third-order valence-corrected chi connectivity index (χ3v) is 5.29. The highest BCUT2D eigenvalue weighted by Gasteiger charge is 2.20. The summed E-state index contributed by atoms with van der Waals surface area (Å²) >= 11 is 0. The van der Waals surface area contributed by atoms with Gasteiger partial charge in [-0.05, 0) is 42.8 Å². The molecule has 0 radical (unpaired) electrons. The quantitative estimate of drug-likeness (QED) is 0.346. The van der Waals surface area contributed by atoms with Crippen LogP contribution in [-0.4, -0.2) is 31.6 Å². The number of anilines is 2. The Hall–Kier alpha value is -4.73. The lowest BCUT2D eigenvalue weighted by atomic mass is 10.1. The van der Waals surface area contributed by atoms with Crippen LogP contribution in [0.1, 0.15) is 22.8 Å². The van der Waals surface area contributed by atoms with Gasteiger partial charge in [-0.15, -0.1) is 0 Å². The molecule has 0 saturated carbocycles. The molecule has 5 N–H and O–H groups in total. The third kappa shape index (κ3) is 4.42. The number of rotatable bonds is 6. The third-order valence-electron chi connectivity index (χ3n) is 5.29. The van der Waals surface area contributed by atoms with Gasteiger partial charge in [0.2, 0.25) is 5.43 Å². The molecule has 4 rings (SSSR count). The van der Waals surface area contributed by atoms with Crippen LogP contribution in [0.5, 0.6) is 0 Å². The number of pyridine rings is 3. The second-order valence-corrected chi connectivity index (χ2v) is 7.45. The first-order chi connectivity index (χ1) is 16.4. The molecule has 34 heavy (non-hydrogen) atoms. The molecular weight excluding hydrogens is 436 g/mol. The number of nitrogens with zero attached hydrogens (tertiary/aromatic N) is 3. The summed E-state index contributed by atoms with van der Waals surface area (Å²) in [6.07, 6.45) is 3.35. The molecule has 4 aromatic rings. The number of amides is 2. The van der Waals surface area contributed by atoms with Crippen LogP contribution in [0, 0.1) is 0 Å². The summed E-state index contributed by atoms with van der Waals surface area (Å²) in [5, 5.41) is 15.1. The van der Waals surface area contributed by atoms with E-state index in [1.54, 1.807) is 61.8 Å². The highest BCUT2D eigenvalue weighted by atomic mass is 16.4. The first kappa shape index (κ1) is 22.5. The molecule has 10 nitrogen and oxygen atoms in total. The molecule has 1 aromatic carbocycles. The minimum absolute atomic E-state index is 0.131. The Balaban J connectivity index is 1.56. The van der Waals surface area contributed by atoms with Crippen molar-refractivity contribution in [3.8, 4) is 11.3 Å². The molecule has 3 heterocycles. The molecule has 0 aliphatic rings. The number of aryl methyl sites for hydroxylation is 1. The van der Waals surface area contributed by atoms with Crippen LogP contribution < -0.4 is 21.8 Å². The number of carboxylic acids is 1. The summed E-state index contributed by atoms with van der Waals surface area (Å²) < 4.78 is 1.51. The van der Waals surface area contributed by atoms with Gasteiger partial charge in [-0.3, -0.25) is 9.78 Å². The Morgan fingerprint density at radius 1 is 1.12 bits per heavy atom. The van der Waals surface area contributed by atoms with Crippen molar-refractivity contribution in [1.82, 2.24) is 19.9 Å². The van der Waals surface area contributed by atoms with Crippen molar-refractivity contribution in [2.75, 3.05) is 11.1 Å². The van der Waals surface area contributed by atoms with E-state index in [9.17, 15) is 19.5 Å². The first-order valence-electron chi connectivity index (χ1n) is 10.5. The fourth-order valence-corrected chi connectivity index (χ4v) is 3.60. The van der Waals surface area contributed by atoms with Crippen LogP contribution in [-0.2, 0) is 13.1 Å². The molecule has 3 aromatic heterocycles. The predicted molar refractivity (Wildman–Crippen MR) is 129 cm³/mol. The van der Waals surface area contributed by atoms with E-state index in [0.29, 0.717) is 30.1 Å². The van der Waals surface area contributed by atoms with Crippen molar-refractivity contribution in [2.45, 2.75) is 20.0 Å². The monoisotopic (exact) mass is 458 g/mol. The number of aromatic carboxylic acids is 1. The van der Waals surface area contributed by atoms with Crippen LogP contribution in [0.25, 0.3) is 22.3 Å². The molecule has 172 valence electrons. The molecule has 0 aliphatic carbocycles. The molecule has 0 fully saturated rings. The number of carbonyl (C=O) groups is 2. The molecule has 0 aliphatic heterocycles. The molecular formula is C24H22N6O4. The normalized spacial score (nSPS) is 10.7. The number of hydrogen-bond donors (Lipinski definition) is 4. The molecule has 0 saturated heterocycles. The fourth-order valence-electron chi connectivity index (χ4n) is 3.60. The number of fused-ring (bicyclic) bond motifs is 1. The van der Waals surface area contributed by atoms with Crippen molar-refractivity contribution in [3.05, 3.63) is 82.3 Å². The van der Waals surface area contributed by atoms with E-state index in [1.165, 1.54) is 4.57 Å². The number of aromatic nitrogens is 3. The average Bonchev–Trinajstić information content (AvgIpc) is 2.84. The molecule has 2 amide bonds. The number of nitrogens with one attached hydrogen (secondary N) is 2. The van der Waals surface area contributed by atoms with Crippen LogP contribution in [0.4, 0.5) is 16.3 Å². The van der Waals surface area contributed by atoms with Gasteiger partial charge < -0.3 is 26.0 Å². The Morgan fingerprint density at radius 2 is 1.88 bits per heavy atom. The maximum absolute atomic E-state index is 12.6. The van der Waals surface area contributed by atoms with Gasteiger partial charge in [0, 0.05) is 36.7 Å². The molecule has 0 atom stereocenters. The maximum Gasteiger partial charge on any atom is 0.343 e. The van der Waals surface area contributed by atoms with E-state index in [-0.39, 0.29) is 17.2 Å². The van der Waals surface area contributed by atoms with Crippen LogP contribution in [0.15, 0.2) is 65.7 Å². The van der Waals surface area contributed by atoms with E-state index in [4.69, 9.17) is 5.73 Å². The first-order valence-corrected chi connectivity index (χ1v) is 10.5. The van der Waals surface area contributed by atoms with Gasteiger partial charge in [-0.25, -0.2) is 14.6 Å². The summed E-state index contributed by atoms with van der Waals surface area (Å²) in [7, 11) is 0. The Labute approximate surface area is 194 Å². The van der Waals surface area contributed by atoms with Crippen LogP contribution >= 0.6 is 0 Å². The number of nitrogens with two attached hydrogens (primary N) is 1. The summed E-state index contributed by atoms with van der Waals surface area (Å²) in [6.45, 7) is 2.49. The smallest absolute Gasteiger partial charge is 0.343 e. The number of urea groups is 1. The van der Waals surface area contributed by atoms with Crippen molar-refractivity contribution < 1.29 is 14.7 Å². The maximum atomic E-state index is 12.6. The lowest BCUT2D eigenvalue weighted by Crippen LogP contribution is -2.28. The standard InChI is InChI=1S/C24H22N6O4/c1-2-30-21(25)19(23(32)33)20(31)17-9-10-18(29-22(17)30)15-5-7-16(8-6-15)28-24(34)27-13-14-4-3-11-26-12-14/h3-12H,2,13,25H2,1H3,(H,32,33)(H2,27,28,34). The van der Waals surface area contributed by atoms with Gasteiger partial charge in [0.05, 0.1) is 11.1 Å². The second kappa shape index (κ2) is 9.41. The van der Waals surface area contributed by atoms with E-state index >= 15 is 0 Å². The zero-order valence-electron chi connectivity index (χ0n) is 18.3. The van der Waals surface area contributed by atoms with Gasteiger partial charge in [-0.1, -0.05) is 18.2 Å². The van der Waals surface area contributed by atoms with E-state index in [0.717, 1.165) is 11.1 Å². The molecule has 0 unspecified atom stereocenters. The highest BCUT2D eigenvalue weighted by molar-refractivity contribution is 5.97. The molecule has 0 spiro atoms. The lowest BCUT2D eigenvalue weighted by Gasteiger charge is -2.14. The van der Waals surface area contributed by atoms with Crippen molar-refractivity contribution in [2.24, 2.45) is 0 Å². The number of nitrogen functional groups attached to an aromatic ring is 1. The SMILES string of the molecule is CCn1c(N)c(C(=O)O)c(=O)c2ccc(-c3ccc(NC(=O)NCc4cccnc4)cc3)nc21. The fraction of sp³-hybridized carbons (Fsp3) is 0.125. The zero-order chi connectivity index (χ0) is 24.2. The highest BCUT2D eigenvalue weighted by Crippen LogP contribution is 2.24. The number of carboxylic acid groups (broad SMARTS) is 1. The van der Waals surface area contributed by atoms with Crippen LogP contribution in [0.2, 0.25) is 0 Å². The van der Waals surface area contributed by atoms with Gasteiger partial charge in [0.25, 0.3) is 0 Å². The molecule has 0 bridgehead atoms. The summed E-state index contributed by atoms with van der Waals surface area (Å²) in [4.78, 5) is 44.9. The Kier molecular flexibility index (Phi) is 6.22. The molecule has 10 heteroatoms. The van der Waals surface area contributed by atoms with Gasteiger partial charge in [0.15, 0.2) is 0 Å². The number of hydrogen-bond acceptors (Lipinski definition) is 6. The van der Waals surface area contributed by atoms with Crippen molar-refractivity contribution in [3.63, 3.8) is 0 Å². The summed E-state index contributed by atoms with van der Waals surface area (Å²) in [5.74, 6) is -1.50. The van der Waals surface area contributed by atoms with Crippen LogP contribution in [0.3, 0.4) is 0 Å². The zero-order valence-corrected chi connectivity index (χ0v) is 18.3. The minimum atomic E-state index is -1.37. The summed E-state index contributed by atoms with van der Waals surface area (Å²) in [6, 6.07) is 13.6. The van der Waals surface area contributed by atoms with E-state index < -0.39 is 17.0 Å². The second-order valence-electron chi connectivity index (χ2n) is 7.45. The van der Waals surface area contributed by atoms with Gasteiger partial charge in [0.1, 0.15) is 17.0 Å². The summed E-state index contributed by atoms with van der Waals surface area (Å²) in [5.41, 5.74) is 7.96. The number of benzene rings is 1. The largest absolute Gasteiger partial charge is 0.477 e. The minimum Gasteiger partial charge on any atom is -0.477 e. The van der Waals surface area contributed by atoms with Gasteiger partial charge >= 0.3 is 12.0 Å². The predicted octanol–water partition coefficient (Wildman–Crippen LogP) is 3.08. The van der Waals surface area contributed by atoms with Crippen molar-refractivity contribution >= 4 is 34.5 Å². The Morgan fingerprint density at radius 3 is 2.53 bits per heavy atom. The number of carbonyl (C=O) groups excluding carboxylic acids is 1. The lowest BCUT2D eigenvalue weighted by molar-refractivity contribution is 0.0696.